The van der Waals surface area contributed by atoms with Gasteiger partial charge in [-0.05, 0) is 55.6 Å². The Morgan fingerprint density at radius 1 is 0.944 bits per heavy atom. The Kier molecular flexibility index (Phi) is 2.63. The number of fused-ring (bicyclic) bond motifs is 3. The lowest BCUT2D eigenvalue weighted by Gasteiger charge is -2.45. The molecule has 0 aromatic carbocycles. The zero-order valence-electron chi connectivity index (χ0n) is 11.0. The Hall–Kier alpha value is -0.600. The topological polar surface area (TPSA) is 18.5 Å². The van der Waals surface area contributed by atoms with Crippen LogP contribution in [-0.4, -0.2) is 19.0 Å². The van der Waals surface area contributed by atoms with Crippen molar-refractivity contribution in [1.29, 1.82) is 0 Å². The first-order chi connectivity index (χ1) is 8.87. The van der Waals surface area contributed by atoms with Crippen LogP contribution in [0.25, 0.3) is 0 Å². The molecule has 4 aliphatic rings. The second kappa shape index (κ2) is 4.21. The second-order valence-corrected chi connectivity index (χ2v) is 6.18. The normalized spacial score (nSPS) is 37.8. The minimum Gasteiger partial charge on any atom is -0.347 e. The molecule has 0 aromatic rings. The zero-order valence-corrected chi connectivity index (χ0v) is 11.0. The van der Waals surface area contributed by atoms with E-state index in [9.17, 15) is 0 Å². The molecule has 2 atom stereocenters. The van der Waals surface area contributed by atoms with E-state index >= 15 is 0 Å². The van der Waals surface area contributed by atoms with Gasteiger partial charge in [0.1, 0.15) is 0 Å². The predicted molar refractivity (Wildman–Crippen MR) is 70.1 cm³/mol. The van der Waals surface area contributed by atoms with Crippen LogP contribution in [0.1, 0.15) is 44.9 Å². The molecule has 98 valence electrons. The van der Waals surface area contributed by atoms with E-state index in [-0.39, 0.29) is 5.79 Å². The van der Waals surface area contributed by atoms with E-state index in [1.807, 2.05) is 0 Å². The number of rotatable bonds is 0. The van der Waals surface area contributed by atoms with Gasteiger partial charge >= 0.3 is 0 Å². The number of hydrogen-bond donors (Lipinski definition) is 0. The molecule has 2 heteroatoms. The molecule has 1 saturated heterocycles. The van der Waals surface area contributed by atoms with Gasteiger partial charge < -0.3 is 9.47 Å². The summed E-state index contributed by atoms with van der Waals surface area (Å²) >= 11 is 0. The van der Waals surface area contributed by atoms with Crippen molar-refractivity contribution in [2.45, 2.75) is 50.7 Å². The fraction of sp³-hybridized carbons (Fsp3) is 0.750. The molecule has 2 nitrogen and oxygen atoms in total. The van der Waals surface area contributed by atoms with Gasteiger partial charge in [0.2, 0.25) is 0 Å². The highest BCUT2D eigenvalue weighted by Crippen LogP contribution is 2.49. The summed E-state index contributed by atoms with van der Waals surface area (Å²) in [4.78, 5) is 0. The van der Waals surface area contributed by atoms with Crippen LogP contribution in [0.5, 0.6) is 0 Å². The first-order valence-corrected chi connectivity index (χ1v) is 7.57. The third kappa shape index (κ3) is 1.62. The van der Waals surface area contributed by atoms with E-state index in [1.165, 1.54) is 38.5 Å². The van der Waals surface area contributed by atoms with Crippen LogP contribution < -0.4 is 0 Å². The van der Waals surface area contributed by atoms with E-state index in [2.05, 4.69) is 12.2 Å². The first-order valence-electron chi connectivity index (χ1n) is 7.57. The van der Waals surface area contributed by atoms with Crippen molar-refractivity contribution in [2.24, 2.45) is 11.8 Å². The minimum absolute atomic E-state index is 0.268. The average molecular weight is 246 g/mol. The van der Waals surface area contributed by atoms with Gasteiger partial charge in [-0.25, -0.2) is 0 Å². The molecule has 1 spiro atoms. The molecule has 1 heterocycles. The summed E-state index contributed by atoms with van der Waals surface area (Å²) in [5.41, 5.74) is 3.24. The van der Waals surface area contributed by atoms with Crippen molar-refractivity contribution in [3.63, 3.8) is 0 Å². The molecule has 0 radical (unpaired) electrons. The van der Waals surface area contributed by atoms with Gasteiger partial charge in [-0.1, -0.05) is 12.2 Å². The molecule has 0 N–H and O–H groups in total. The molecule has 3 fully saturated rings. The molecule has 4 rings (SSSR count). The summed E-state index contributed by atoms with van der Waals surface area (Å²) in [6.07, 6.45) is 14.0. The highest BCUT2D eigenvalue weighted by molar-refractivity contribution is 5.38. The van der Waals surface area contributed by atoms with Gasteiger partial charge in [-0.3, -0.25) is 0 Å². The Morgan fingerprint density at radius 3 is 2.44 bits per heavy atom. The lowest BCUT2D eigenvalue weighted by atomic mass is 9.68. The number of ether oxygens (including phenoxy) is 2. The van der Waals surface area contributed by atoms with Gasteiger partial charge in [-0.2, -0.15) is 0 Å². The third-order valence-electron chi connectivity index (χ3n) is 5.16. The van der Waals surface area contributed by atoms with Crippen LogP contribution >= 0.6 is 0 Å². The van der Waals surface area contributed by atoms with Crippen molar-refractivity contribution >= 4 is 0 Å². The quantitative estimate of drug-likeness (QED) is 0.650. The minimum atomic E-state index is -0.268. The predicted octanol–water partition coefficient (Wildman–Crippen LogP) is 3.59. The molecule has 2 saturated carbocycles. The number of hydrogen-bond acceptors (Lipinski definition) is 2. The van der Waals surface area contributed by atoms with Gasteiger partial charge in [0, 0.05) is 12.3 Å². The molecule has 3 aliphatic carbocycles. The lowest BCUT2D eigenvalue weighted by molar-refractivity contribution is -0.209. The van der Waals surface area contributed by atoms with Crippen LogP contribution in [0.2, 0.25) is 0 Å². The molecule has 18 heavy (non-hydrogen) atoms. The summed E-state index contributed by atoms with van der Waals surface area (Å²) in [5.74, 6) is 0.870. The Labute approximate surface area is 109 Å². The third-order valence-corrected chi connectivity index (χ3v) is 5.16. The fourth-order valence-corrected chi connectivity index (χ4v) is 4.31. The Bertz CT molecular complexity index is 401. The van der Waals surface area contributed by atoms with Crippen LogP contribution in [0.15, 0.2) is 23.3 Å². The SMILES string of the molecule is C1=C2CCCCC2=C[C@@H]2[C@H]1CCCC21OCCO1. The Morgan fingerprint density at radius 2 is 1.67 bits per heavy atom. The summed E-state index contributed by atoms with van der Waals surface area (Å²) in [6, 6.07) is 0. The van der Waals surface area contributed by atoms with Crippen molar-refractivity contribution in [1.82, 2.24) is 0 Å². The monoisotopic (exact) mass is 246 g/mol. The smallest absolute Gasteiger partial charge is 0.175 e. The van der Waals surface area contributed by atoms with Gasteiger partial charge in [0.05, 0.1) is 13.2 Å². The average Bonchev–Trinajstić information content (AvgIpc) is 2.87. The highest BCUT2D eigenvalue weighted by Gasteiger charge is 2.49. The summed E-state index contributed by atoms with van der Waals surface area (Å²) in [7, 11) is 0. The second-order valence-electron chi connectivity index (χ2n) is 6.18. The molecule has 0 bridgehead atoms. The molecule has 0 amide bonds. The van der Waals surface area contributed by atoms with E-state index in [0.717, 1.165) is 19.6 Å². The maximum atomic E-state index is 6.03. The molecular formula is C16H22O2. The maximum Gasteiger partial charge on any atom is 0.175 e. The van der Waals surface area contributed by atoms with Crippen molar-refractivity contribution in [2.75, 3.05) is 13.2 Å². The van der Waals surface area contributed by atoms with E-state index in [0.29, 0.717) is 11.8 Å². The molecule has 0 unspecified atom stereocenters. The fourth-order valence-electron chi connectivity index (χ4n) is 4.31. The maximum absolute atomic E-state index is 6.03. The van der Waals surface area contributed by atoms with Crippen LogP contribution in [0.4, 0.5) is 0 Å². The van der Waals surface area contributed by atoms with Crippen molar-refractivity contribution in [3.05, 3.63) is 23.3 Å². The summed E-state index contributed by atoms with van der Waals surface area (Å²) in [6.45, 7) is 1.56. The Balaban J connectivity index is 1.69. The standard InChI is InChI=1S/C16H22O2/c1-2-5-13-11-15-14(10-12(13)4-1)6-3-7-16(15)17-8-9-18-16/h10-11,14-15H,1-9H2/t14-,15+/m0/s1. The van der Waals surface area contributed by atoms with E-state index in [4.69, 9.17) is 9.47 Å². The lowest BCUT2D eigenvalue weighted by Crippen LogP contribution is -2.46. The van der Waals surface area contributed by atoms with Gasteiger partial charge in [0.25, 0.3) is 0 Å². The zero-order chi connectivity index (χ0) is 12.0. The van der Waals surface area contributed by atoms with Crippen LogP contribution in [-0.2, 0) is 9.47 Å². The van der Waals surface area contributed by atoms with Gasteiger partial charge in [-0.15, -0.1) is 0 Å². The largest absolute Gasteiger partial charge is 0.347 e. The van der Waals surface area contributed by atoms with Crippen LogP contribution in [0, 0.1) is 11.8 Å². The number of allylic oxidation sites excluding steroid dienone is 3. The van der Waals surface area contributed by atoms with Gasteiger partial charge in [0.15, 0.2) is 5.79 Å². The highest BCUT2D eigenvalue weighted by atomic mass is 16.7. The van der Waals surface area contributed by atoms with E-state index in [1.54, 1.807) is 11.1 Å². The summed E-state index contributed by atoms with van der Waals surface area (Å²) in [5, 5.41) is 0. The molecule has 1 aliphatic heterocycles. The summed E-state index contributed by atoms with van der Waals surface area (Å²) < 4.78 is 12.1. The van der Waals surface area contributed by atoms with Crippen molar-refractivity contribution in [3.8, 4) is 0 Å². The first kappa shape index (κ1) is 11.2. The van der Waals surface area contributed by atoms with Crippen LogP contribution in [0.3, 0.4) is 0 Å². The van der Waals surface area contributed by atoms with Crippen molar-refractivity contribution < 1.29 is 9.47 Å². The molecular weight excluding hydrogens is 224 g/mol. The van der Waals surface area contributed by atoms with E-state index < -0.39 is 0 Å². The molecule has 0 aromatic heterocycles.